The van der Waals surface area contributed by atoms with E-state index in [0.717, 1.165) is 16.7 Å². The van der Waals surface area contributed by atoms with Crippen LogP contribution in [0.1, 0.15) is 42.9 Å². The molecule has 0 spiro atoms. The van der Waals surface area contributed by atoms with Gasteiger partial charge in [0.2, 0.25) is 5.82 Å². The fourth-order valence-corrected chi connectivity index (χ4v) is 4.30. The number of aromatic nitrogens is 6. The fourth-order valence-electron chi connectivity index (χ4n) is 3.78. The number of fused-ring (bicyclic) bond motifs is 1. The third-order valence-corrected chi connectivity index (χ3v) is 5.75. The molecular weight excluding hydrogens is 518 g/mol. The van der Waals surface area contributed by atoms with Gasteiger partial charge in [-0.25, -0.2) is 9.55 Å². The van der Waals surface area contributed by atoms with Crippen molar-refractivity contribution in [3.8, 4) is 17.5 Å². The SMILES string of the molecule is CCCC(OP(=O)(O)O)n1c(-c2cnn(Cc3cccc(C(F)(F)F)c3)c2)nc2nc(C#N)[nH]c(=O)c21. The lowest BCUT2D eigenvalue weighted by atomic mass is 10.1. The molecule has 0 saturated carbocycles. The van der Waals surface area contributed by atoms with Gasteiger partial charge in [0.15, 0.2) is 11.2 Å². The van der Waals surface area contributed by atoms with Crippen molar-refractivity contribution < 1.29 is 32.0 Å². The number of aromatic amines is 1. The number of nitrogens with one attached hydrogen (secondary N) is 1. The summed E-state index contributed by atoms with van der Waals surface area (Å²) in [4.78, 5) is 42.3. The van der Waals surface area contributed by atoms with Gasteiger partial charge in [-0.3, -0.25) is 23.6 Å². The first-order valence-electron chi connectivity index (χ1n) is 10.7. The normalized spacial score (nSPS) is 13.1. The third kappa shape index (κ3) is 5.78. The predicted octanol–water partition coefficient (Wildman–Crippen LogP) is 3.33. The molecule has 4 aromatic rings. The summed E-state index contributed by atoms with van der Waals surface area (Å²) in [6, 6.07) is 6.43. The van der Waals surface area contributed by atoms with E-state index >= 15 is 0 Å². The van der Waals surface area contributed by atoms with Gasteiger partial charge in [-0.15, -0.1) is 0 Å². The number of H-pyrrole nitrogens is 1. The van der Waals surface area contributed by atoms with E-state index in [-0.39, 0.29) is 41.3 Å². The highest BCUT2D eigenvalue weighted by molar-refractivity contribution is 7.46. The first-order chi connectivity index (χ1) is 17.4. The number of phosphoric acid groups is 1. The molecule has 0 radical (unpaired) electrons. The molecule has 37 heavy (non-hydrogen) atoms. The Kier molecular flexibility index (Phi) is 7.03. The molecule has 0 aliphatic rings. The van der Waals surface area contributed by atoms with Crippen LogP contribution in [0.25, 0.3) is 22.6 Å². The summed E-state index contributed by atoms with van der Waals surface area (Å²) in [6.07, 6.45) is -2.61. The van der Waals surface area contributed by atoms with Gasteiger partial charge in [-0.1, -0.05) is 25.5 Å². The van der Waals surface area contributed by atoms with Gasteiger partial charge < -0.3 is 9.79 Å². The van der Waals surface area contributed by atoms with Crippen molar-refractivity contribution in [2.45, 2.75) is 38.7 Å². The smallest absolute Gasteiger partial charge is 0.303 e. The highest BCUT2D eigenvalue weighted by Gasteiger charge is 2.31. The van der Waals surface area contributed by atoms with Crippen LogP contribution < -0.4 is 5.56 Å². The number of alkyl halides is 3. The second kappa shape index (κ2) is 9.91. The van der Waals surface area contributed by atoms with Crippen LogP contribution in [0, 0.1) is 11.3 Å². The van der Waals surface area contributed by atoms with Crippen LogP contribution in [0.5, 0.6) is 0 Å². The topological polar surface area (TPSA) is 172 Å². The minimum Gasteiger partial charge on any atom is -0.303 e. The predicted molar refractivity (Wildman–Crippen MR) is 122 cm³/mol. The second-order valence-electron chi connectivity index (χ2n) is 7.97. The minimum absolute atomic E-state index is 0.00489. The van der Waals surface area contributed by atoms with E-state index in [1.807, 2.05) is 0 Å². The Hall–Kier alpha value is -3.83. The number of hydrogen-bond donors (Lipinski definition) is 3. The molecule has 1 aromatic carbocycles. The molecule has 3 heterocycles. The van der Waals surface area contributed by atoms with Crippen molar-refractivity contribution in [3.63, 3.8) is 0 Å². The molecular formula is C21H19F3N7O5P. The lowest BCUT2D eigenvalue weighted by molar-refractivity contribution is -0.137. The largest absolute Gasteiger partial charge is 0.471 e. The van der Waals surface area contributed by atoms with Gasteiger partial charge in [0, 0.05) is 6.20 Å². The molecule has 0 amide bonds. The average molecular weight is 537 g/mol. The molecule has 0 aliphatic heterocycles. The summed E-state index contributed by atoms with van der Waals surface area (Å²) in [6.45, 7) is 1.71. The van der Waals surface area contributed by atoms with Crippen molar-refractivity contribution in [1.82, 2.24) is 29.3 Å². The first kappa shape index (κ1) is 26.2. The highest BCUT2D eigenvalue weighted by Crippen LogP contribution is 2.43. The summed E-state index contributed by atoms with van der Waals surface area (Å²) < 4.78 is 58.3. The summed E-state index contributed by atoms with van der Waals surface area (Å²) in [5.41, 5.74) is -1.37. The molecule has 4 rings (SSSR count). The van der Waals surface area contributed by atoms with E-state index in [4.69, 9.17) is 9.79 Å². The number of benzene rings is 1. The molecule has 3 N–H and O–H groups in total. The molecule has 194 valence electrons. The van der Waals surface area contributed by atoms with E-state index in [1.54, 1.807) is 13.0 Å². The number of rotatable bonds is 8. The zero-order chi connectivity index (χ0) is 27.0. The number of halogens is 3. The average Bonchev–Trinajstić information content (AvgIpc) is 3.42. The van der Waals surface area contributed by atoms with Crippen LogP contribution >= 0.6 is 7.82 Å². The van der Waals surface area contributed by atoms with Gasteiger partial charge >= 0.3 is 14.0 Å². The zero-order valence-electron chi connectivity index (χ0n) is 19.0. The van der Waals surface area contributed by atoms with Crippen LogP contribution in [0.15, 0.2) is 41.5 Å². The van der Waals surface area contributed by atoms with Crippen molar-refractivity contribution >= 4 is 19.0 Å². The quantitative estimate of drug-likeness (QED) is 0.285. The Morgan fingerprint density at radius 1 is 1.30 bits per heavy atom. The summed E-state index contributed by atoms with van der Waals surface area (Å²) >= 11 is 0. The number of imidazole rings is 1. The molecule has 12 nitrogen and oxygen atoms in total. The van der Waals surface area contributed by atoms with E-state index < -0.39 is 31.3 Å². The van der Waals surface area contributed by atoms with Crippen LogP contribution in [0.4, 0.5) is 13.2 Å². The van der Waals surface area contributed by atoms with Gasteiger partial charge in [-0.2, -0.15) is 28.5 Å². The number of hydrogen-bond acceptors (Lipinski definition) is 7. The van der Waals surface area contributed by atoms with E-state index in [1.165, 1.54) is 29.2 Å². The van der Waals surface area contributed by atoms with E-state index in [2.05, 4.69) is 20.1 Å². The Bertz CT molecular complexity index is 1600. The lowest BCUT2D eigenvalue weighted by Gasteiger charge is -2.21. The molecule has 0 aliphatic carbocycles. The van der Waals surface area contributed by atoms with Crippen molar-refractivity contribution in [3.05, 3.63) is 64.0 Å². The van der Waals surface area contributed by atoms with Gasteiger partial charge in [0.25, 0.3) is 5.56 Å². The van der Waals surface area contributed by atoms with Crippen LogP contribution in [0.2, 0.25) is 0 Å². The van der Waals surface area contributed by atoms with Crippen LogP contribution in [-0.2, 0) is 21.8 Å². The number of nitrogens with zero attached hydrogens (tertiary/aromatic N) is 6. The van der Waals surface area contributed by atoms with Gasteiger partial charge in [-0.05, 0) is 24.1 Å². The maximum absolute atomic E-state index is 13.1. The maximum atomic E-state index is 13.1. The third-order valence-electron chi connectivity index (χ3n) is 5.24. The molecule has 0 saturated heterocycles. The molecule has 3 aromatic heterocycles. The number of phosphoric ester groups is 1. The van der Waals surface area contributed by atoms with Crippen molar-refractivity contribution in [2.24, 2.45) is 0 Å². The summed E-state index contributed by atoms with van der Waals surface area (Å²) in [5.74, 6) is -0.317. The molecule has 0 fully saturated rings. The Labute approximate surface area is 206 Å². The maximum Gasteiger partial charge on any atom is 0.471 e. The molecule has 0 bridgehead atoms. The molecule has 1 unspecified atom stereocenters. The summed E-state index contributed by atoms with van der Waals surface area (Å²) in [7, 11) is -5.02. The van der Waals surface area contributed by atoms with Crippen molar-refractivity contribution in [2.75, 3.05) is 0 Å². The monoisotopic (exact) mass is 537 g/mol. The lowest BCUT2D eigenvalue weighted by Crippen LogP contribution is -2.19. The zero-order valence-corrected chi connectivity index (χ0v) is 19.9. The minimum atomic E-state index is -5.02. The van der Waals surface area contributed by atoms with Gasteiger partial charge in [0.1, 0.15) is 18.1 Å². The Balaban J connectivity index is 1.82. The van der Waals surface area contributed by atoms with Crippen LogP contribution in [-0.4, -0.2) is 39.1 Å². The van der Waals surface area contributed by atoms with E-state index in [9.17, 15) is 32.3 Å². The van der Waals surface area contributed by atoms with Crippen LogP contribution in [0.3, 0.4) is 0 Å². The molecule has 16 heteroatoms. The Morgan fingerprint density at radius 2 is 2.05 bits per heavy atom. The van der Waals surface area contributed by atoms with E-state index in [0.29, 0.717) is 12.0 Å². The molecule has 1 atom stereocenters. The number of nitriles is 1. The van der Waals surface area contributed by atoms with Gasteiger partial charge in [0.05, 0.1) is 23.9 Å². The second-order valence-corrected chi connectivity index (χ2v) is 9.16. The Morgan fingerprint density at radius 3 is 2.70 bits per heavy atom. The summed E-state index contributed by atoms with van der Waals surface area (Å²) in [5, 5.41) is 13.3. The fraction of sp³-hybridized carbons (Fsp3) is 0.286. The van der Waals surface area contributed by atoms with Crippen molar-refractivity contribution in [1.29, 1.82) is 5.26 Å². The first-order valence-corrected chi connectivity index (χ1v) is 12.3. The standard InChI is InChI=1S/C21H19F3N7O5P/c1-2-4-16(36-37(33,34)35)31-17-18(27-15(8-25)28-20(17)32)29-19(31)13-9-26-30(11-13)10-12-5-3-6-14(7-12)21(22,23)24/h3,5-7,9,11,16H,2,4,10H2,1H3,(H,27,28,32)(H2,33,34,35). The highest BCUT2D eigenvalue weighted by atomic mass is 31.2.